The van der Waals surface area contributed by atoms with E-state index >= 15 is 0 Å². The second-order valence-corrected chi connectivity index (χ2v) is 2.44. The number of hydrogen-bond acceptors (Lipinski definition) is 2. The van der Waals surface area contributed by atoms with Crippen LogP contribution in [0, 0.1) is 0 Å². The molecule has 0 saturated heterocycles. The molecule has 0 aromatic heterocycles. The number of amides is 1. The fourth-order valence-electron chi connectivity index (χ4n) is 0.732. The highest BCUT2D eigenvalue weighted by Crippen LogP contribution is 1.89. The van der Waals surface area contributed by atoms with Crippen molar-refractivity contribution in [2.24, 2.45) is 0 Å². The van der Waals surface area contributed by atoms with Crippen molar-refractivity contribution in [1.29, 1.82) is 0 Å². The molecule has 0 aliphatic carbocycles. The summed E-state index contributed by atoms with van der Waals surface area (Å²) >= 11 is 0. The first kappa shape index (κ1) is 10.9. The van der Waals surface area contributed by atoms with Gasteiger partial charge in [0.25, 0.3) is 0 Å². The minimum Gasteiger partial charge on any atom is -0.353 e. The van der Waals surface area contributed by atoms with Crippen LogP contribution in [0.2, 0.25) is 0 Å². The monoisotopic (exact) mass is 169 g/mol. The highest BCUT2D eigenvalue weighted by Gasteiger charge is 1.95. The third-order valence-corrected chi connectivity index (χ3v) is 1.27. The van der Waals surface area contributed by atoms with E-state index in [0.29, 0.717) is 13.0 Å². The summed E-state index contributed by atoms with van der Waals surface area (Å²) in [6.07, 6.45) is 3.93. The van der Waals surface area contributed by atoms with E-state index in [1.165, 1.54) is 12.2 Å². The molecule has 0 atom stereocenters. The Kier molecular flexibility index (Phi) is 5.97. The molecule has 0 unspecified atom stereocenters. The molecule has 0 radical (unpaired) electrons. The third kappa shape index (κ3) is 5.65. The van der Waals surface area contributed by atoms with Crippen molar-refractivity contribution in [2.75, 3.05) is 6.54 Å². The van der Waals surface area contributed by atoms with Crippen molar-refractivity contribution >= 4 is 11.7 Å². The van der Waals surface area contributed by atoms with E-state index < -0.39 is 0 Å². The molecule has 0 heterocycles. The molecule has 68 valence electrons. The summed E-state index contributed by atoms with van der Waals surface area (Å²) in [6, 6.07) is 0. The van der Waals surface area contributed by atoms with E-state index in [1.54, 1.807) is 0 Å². The summed E-state index contributed by atoms with van der Waals surface area (Å²) in [5, 5.41) is 2.57. The minimum absolute atomic E-state index is 0.00348. The number of rotatable bonds is 5. The van der Waals surface area contributed by atoms with E-state index in [1.807, 2.05) is 13.8 Å². The van der Waals surface area contributed by atoms with Crippen molar-refractivity contribution in [3.8, 4) is 0 Å². The molecule has 3 nitrogen and oxygen atoms in total. The maximum absolute atomic E-state index is 10.9. The first-order valence-electron chi connectivity index (χ1n) is 4.19. The summed E-state index contributed by atoms with van der Waals surface area (Å²) in [6.45, 7) is 4.35. The van der Waals surface area contributed by atoms with E-state index in [4.69, 9.17) is 0 Å². The van der Waals surface area contributed by atoms with Gasteiger partial charge in [0.15, 0.2) is 5.78 Å². The van der Waals surface area contributed by atoms with Gasteiger partial charge in [-0.3, -0.25) is 9.59 Å². The van der Waals surface area contributed by atoms with Crippen LogP contribution in [0.3, 0.4) is 0 Å². The Hall–Kier alpha value is -1.12. The van der Waals surface area contributed by atoms with Crippen LogP contribution in [0.25, 0.3) is 0 Å². The second kappa shape index (κ2) is 6.58. The predicted molar refractivity (Wildman–Crippen MR) is 47.7 cm³/mol. The number of carbonyl (C=O) groups is 2. The van der Waals surface area contributed by atoms with Gasteiger partial charge in [-0.15, -0.1) is 0 Å². The first-order chi connectivity index (χ1) is 5.70. The molecular formula is C9H15NO2. The molecule has 3 heteroatoms. The Labute approximate surface area is 72.8 Å². The zero-order chi connectivity index (χ0) is 9.40. The lowest BCUT2D eigenvalue weighted by Crippen LogP contribution is -2.20. The number of hydrogen-bond donors (Lipinski definition) is 1. The fourth-order valence-corrected chi connectivity index (χ4v) is 0.732. The summed E-state index contributed by atoms with van der Waals surface area (Å²) in [7, 11) is 0. The van der Waals surface area contributed by atoms with E-state index in [-0.39, 0.29) is 11.7 Å². The topological polar surface area (TPSA) is 46.2 Å². The molecule has 0 aliphatic heterocycles. The van der Waals surface area contributed by atoms with Gasteiger partial charge in [-0.2, -0.15) is 0 Å². The first-order valence-corrected chi connectivity index (χ1v) is 4.19. The van der Waals surface area contributed by atoms with Crippen molar-refractivity contribution in [3.63, 3.8) is 0 Å². The van der Waals surface area contributed by atoms with Crippen LogP contribution in [0.15, 0.2) is 12.2 Å². The van der Waals surface area contributed by atoms with Crippen LogP contribution in [0.5, 0.6) is 0 Å². The molecule has 0 bridgehead atoms. The van der Waals surface area contributed by atoms with Crippen LogP contribution in [-0.4, -0.2) is 18.2 Å². The molecule has 0 fully saturated rings. The fraction of sp³-hybridized carbons (Fsp3) is 0.556. The van der Waals surface area contributed by atoms with E-state index in [9.17, 15) is 9.59 Å². The summed E-state index contributed by atoms with van der Waals surface area (Å²) < 4.78 is 0. The van der Waals surface area contributed by atoms with Gasteiger partial charge in [-0.25, -0.2) is 0 Å². The van der Waals surface area contributed by atoms with Gasteiger partial charge in [0.2, 0.25) is 5.91 Å². The Balaban J connectivity index is 3.73. The zero-order valence-corrected chi connectivity index (χ0v) is 7.59. The summed E-state index contributed by atoms with van der Waals surface area (Å²) in [5.41, 5.74) is 0. The van der Waals surface area contributed by atoms with Crippen molar-refractivity contribution in [3.05, 3.63) is 12.2 Å². The number of carbonyl (C=O) groups excluding carboxylic acids is 2. The van der Waals surface area contributed by atoms with Crippen LogP contribution in [0.4, 0.5) is 0 Å². The lowest BCUT2D eigenvalue weighted by Gasteiger charge is -1.93. The molecule has 1 N–H and O–H groups in total. The Morgan fingerprint density at radius 3 is 2.42 bits per heavy atom. The quantitative estimate of drug-likeness (QED) is 0.625. The number of likely N-dealkylation sites (N-methyl/N-ethyl adjacent to an activating group) is 1. The van der Waals surface area contributed by atoms with Crippen LogP contribution in [0.1, 0.15) is 26.7 Å². The third-order valence-electron chi connectivity index (χ3n) is 1.27. The molecule has 0 aromatic rings. The van der Waals surface area contributed by atoms with Gasteiger partial charge >= 0.3 is 0 Å². The smallest absolute Gasteiger partial charge is 0.244 e. The average Bonchev–Trinajstić information content (AvgIpc) is 2.02. The molecule has 0 aromatic carbocycles. The van der Waals surface area contributed by atoms with Crippen molar-refractivity contribution < 1.29 is 9.59 Å². The number of ketones is 1. The van der Waals surface area contributed by atoms with E-state index in [0.717, 1.165) is 6.42 Å². The van der Waals surface area contributed by atoms with E-state index in [2.05, 4.69) is 5.32 Å². The molecule has 0 rings (SSSR count). The average molecular weight is 169 g/mol. The maximum Gasteiger partial charge on any atom is 0.244 e. The van der Waals surface area contributed by atoms with Crippen LogP contribution in [-0.2, 0) is 9.59 Å². The van der Waals surface area contributed by atoms with Crippen molar-refractivity contribution in [2.45, 2.75) is 26.7 Å². The zero-order valence-electron chi connectivity index (χ0n) is 7.59. The van der Waals surface area contributed by atoms with Gasteiger partial charge in [-0.05, 0) is 19.4 Å². The number of allylic oxidation sites excluding steroid dienone is 1. The number of nitrogens with one attached hydrogen (secondary N) is 1. The lowest BCUT2D eigenvalue weighted by molar-refractivity contribution is -0.117. The molecule has 12 heavy (non-hydrogen) atoms. The highest BCUT2D eigenvalue weighted by atomic mass is 16.1. The Bertz CT molecular complexity index is 165. The summed E-state index contributed by atoms with van der Waals surface area (Å²) in [4.78, 5) is 21.7. The summed E-state index contributed by atoms with van der Waals surface area (Å²) in [5.74, 6) is -0.203. The normalized spacial score (nSPS) is 10.2. The standard InChI is InChI=1S/C9H15NO2/c1-3-5-8(11)6-7-9(12)10-4-2/h6-7H,3-5H2,1-2H3,(H,10,12)/b7-6+. The second-order valence-electron chi connectivity index (χ2n) is 2.44. The molecular weight excluding hydrogens is 154 g/mol. The largest absolute Gasteiger partial charge is 0.353 e. The maximum atomic E-state index is 10.9. The SMILES string of the molecule is CCCC(=O)/C=C/C(=O)NCC. The van der Waals surface area contributed by atoms with Gasteiger partial charge in [-0.1, -0.05) is 6.92 Å². The molecule has 0 spiro atoms. The van der Waals surface area contributed by atoms with Gasteiger partial charge < -0.3 is 5.32 Å². The molecule has 0 saturated carbocycles. The molecule has 0 aliphatic rings. The predicted octanol–water partition coefficient (Wildman–Crippen LogP) is 1.05. The van der Waals surface area contributed by atoms with Crippen LogP contribution < -0.4 is 5.32 Å². The Morgan fingerprint density at radius 2 is 1.92 bits per heavy atom. The van der Waals surface area contributed by atoms with Gasteiger partial charge in [0.1, 0.15) is 0 Å². The van der Waals surface area contributed by atoms with Gasteiger partial charge in [0, 0.05) is 19.0 Å². The van der Waals surface area contributed by atoms with Crippen molar-refractivity contribution in [1.82, 2.24) is 5.32 Å². The Morgan fingerprint density at radius 1 is 1.25 bits per heavy atom. The van der Waals surface area contributed by atoms with Crippen LogP contribution >= 0.6 is 0 Å². The van der Waals surface area contributed by atoms with Gasteiger partial charge in [0.05, 0.1) is 0 Å². The lowest BCUT2D eigenvalue weighted by atomic mass is 10.2. The highest BCUT2D eigenvalue weighted by molar-refractivity contribution is 5.97. The molecule has 1 amide bonds. The minimum atomic E-state index is -0.207.